The highest BCUT2D eigenvalue weighted by molar-refractivity contribution is 7.88. The summed E-state index contributed by atoms with van der Waals surface area (Å²) in [5.74, 6) is -0.185. The van der Waals surface area contributed by atoms with Crippen LogP contribution in [0.15, 0.2) is 48.7 Å². The molecule has 2 rings (SSSR count). The summed E-state index contributed by atoms with van der Waals surface area (Å²) in [6, 6.07) is 13.2. The van der Waals surface area contributed by atoms with Gasteiger partial charge in [0.25, 0.3) is 0 Å². The number of carbonyl (C=O) groups is 1. The van der Waals surface area contributed by atoms with Crippen LogP contribution in [0.2, 0.25) is 0 Å². The van der Waals surface area contributed by atoms with E-state index < -0.39 is 10.0 Å². The van der Waals surface area contributed by atoms with Crippen LogP contribution >= 0.6 is 0 Å². The number of hydrogen-bond acceptors (Lipinski definition) is 4. The third-order valence-electron chi connectivity index (χ3n) is 3.73. The molecule has 0 atom stereocenters. The van der Waals surface area contributed by atoms with Crippen molar-refractivity contribution in [2.24, 2.45) is 0 Å². The zero-order chi connectivity index (χ0) is 18.3. The quantitative estimate of drug-likeness (QED) is 0.778. The molecule has 25 heavy (non-hydrogen) atoms. The summed E-state index contributed by atoms with van der Waals surface area (Å²) in [7, 11) is -3.42. The standard InChI is InChI=1S/C18H23N3O3S/c1-15-6-8-16(9-7-15)13-20-18(22)10-12-21(25(2,23)24)14-17-5-3-4-11-19-17/h3-9,11H,10,12-14H2,1-2H3,(H,20,22). The fraction of sp³-hybridized carbons (Fsp3) is 0.333. The maximum Gasteiger partial charge on any atom is 0.221 e. The molecule has 0 spiro atoms. The number of nitrogens with one attached hydrogen (secondary N) is 1. The number of rotatable bonds is 8. The van der Waals surface area contributed by atoms with Gasteiger partial charge in [0, 0.05) is 25.7 Å². The van der Waals surface area contributed by atoms with Gasteiger partial charge in [0.15, 0.2) is 0 Å². The van der Waals surface area contributed by atoms with Gasteiger partial charge in [-0.3, -0.25) is 9.78 Å². The number of nitrogens with zero attached hydrogens (tertiary/aromatic N) is 2. The Morgan fingerprint density at radius 2 is 1.88 bits per heavy atom. The summed E-state index contributed by atoms with van der Waals surface area (Å²) in [5.41, 5.74) is 2.81. The first-order chi connectivity index (χ1) is 11.8. The molecule has 7 heteroatoms. The van der Waals surface area contributed by atoms with Gasteiger partial charge >= 0.3 is 0 Å². The molecule has 0 aliphatic rings. The fourth-order valence-corrected chi connectivity index (χ4v) is 3.05. The third-order valence-corrected chi connectivity index (χ3v) is 4.98. The minimum absolute atomic E-state index is 0.103. The molecular formula is C18H23N3O3S. The van der Waals surface area contributed by atoms with Crippen molar-refractivity contribution in [3.8, 4) is 0 Å². The lowest BCUT2D eigenvalue weighted by molar-refractivity contribution is -0.121. The second kappa shape index (κ2) is 8.73. The molecule has 1 N–H and O–H groups in total. The second-order valence-corrected chi connectivity index (χ2v) is 7.91. The van der Waals surface area contributed by atoms with Crippen molar-refractivity contribution in [2.45, 2.75) is 26.4 Å². The summed E-state index contributed by atoms with van der Waals surface area (Å²) in [6.45, 7) is 2.71. The normalized spacial score (nSPS) is 11.5. The number of pyridine rings is 1. The number of aryl methyl sites for hydroxylation is 1. The predicted octanol–water partition coefficient (Wildman–Crippen LogP) is 1.86. The zero-order valence-corrected chi connectivity index (χ0v) is 15.3. The van der Waals surface area contributed by atoms with Crippen LogP contribution in [0.5, 0.6) is 0 Å². The Labute approximate surface area is 148 Å². The Kier molecular flexibility index (Phi) is 6.66. The molecule has 1 heterocycles. The highest BCUT2D eigenvalue weighted by Gasteiger charge is 2.18. The first-order valence-corrected chi connectivity index (χ1v) is 9.87. The van der Waals surface area contributed by atoms with Crippen molar-refractivity contribution in [1.82, 2.24) is 14.6 Å². The molecule has 0 aliphatic heterocycles. The topological polar surface area (TPSA) is 79.4 Å². The van der Waals surface area contributed by atoms with Crippen LogP contribution in [0.1, 0.15) is 23.2 Å². The van der Waals surface area contributed by atoms with Crippen molar-refractivity contribution in [1.29, 1.82) is 0 Å². The molecule has 0 aliphatic carbocycles. The summed E-state index contributed by atoms with van der Waals surface area (Å²) in [6.07, 6.45) is 2.86. The molecule has 0 fully saturated rings. The van der Waals surface area contributed by atoms with Gasteiger partial charge in [0.2, 0.25) is 15.9 Å². The monoisotopic (exact) mass is 361 g/mol. The van der Waals surface area contributed by atoms with Gasteiger partial charge in [-0.05, 0) is 24.6 Å². The van der Waals surface area contributed by atoms with E-state index in [-0.39, 0.29) is 25.4 Å². The van der Waals surface area contributed by atoms with Crippen LogP contribution in [-0.2, 0) is 27.9 Å². The van der Waals surface area contributed by atoms with E-state index in [2.05, 4.69) is 10.3 Å². The SMILES string of the molecule is Cc1ccc(CNC(=O)CCN(Cc2ccccn2)S(C)(=O)=O)cc1. The number of aromatic nitrogens is 1. The van der Waals surface area contributed by atoms with Crippen LogP contribution < -0.4 is 5.32 Å². The lowest BCUT2D eigenvalue weighted by Crippen LogP contribution is -2.34. The average molecular weight is 361 g/mol. The zero-order valence-electron chi connectivity index (χ0n) is 14.5. The van der Waals surface area contributed by atoms with E-state index in [9.17, 15) is 13.2 Å². The van der Waals surface area contributed by atoms with E-state index in [1.54, 1.807) is 24.4 Å². The van der Waals surface area contributed by atoms with Crippen molar-refractivity contribution in [2.75, 3.05) is 12.8 Å². The van der Waals surface area contributed by atoms with Crippen molar-refractivity contribution in [3.05, 3.63) is 65.5 Å². The van der Waals surface area contributed by atoms with Gasteiger partial charge in [-0.25, -0.2) is 8.42 Å². The highest BCUT2D eigenvalue weighted by atomic mass is 32.2. The van der Waals surface area contributed by atoms with Crippen LogP contribution in [0.4, 0.5) is 0 Å². The first-order valence-electron chi connectivity index (χ1n) is 8.02. The molecule has 0 saturated heterocycles. The maximum absolute atomic E-state index is 12.0. The first kappa shape index (κ1) is 19.1. The summed E-state index contributed by atoms with van der Waals surface area (Å²) in [4.78, 5) is 16.2. The molecule has 0 bridgehead atoms. The Morgan fingerprint density at radius 1 is 1.16 bits per heavy atom. The molecule has 1 amide bonds. The number of amides is 1. The van der Waals surface area contributed by atoms with Gasteiger partial charge in [-0.2, -0.15) is 4.31 Å². The third kappa shape index (κ3) is 6.64. The Balaban J connectivity index is 1.87. The minimum atomic E-state index is -3.42. The molecule has 0 radical (unpaired) electrons. The van der Waals surface area contributed by atoms with E-state index in [0.29, 0.717) is 12.2 Å². The summed E-state index contributed by atoms with van der Waals surface area (Å²) in [5, 5.41) is 2.81. The van der Waals surface area contributed by atoms with E-state index in [4.69, 9.17) is 0 Å². The summed E-state index contributed by atoms with van der Waals surface area (Å²) < 4.78 is 25.1. The largest absolute Gasteiger partial charge is 0.352 e. The number of sulfonamides is 1. The number of hydrogen-bond donors (Lipinski definition) is 1. The molecule has 6 nitrogen and oxygen atoms in total. The maximum atomic E-state index is 12.0. The molecular weight excluding hydrogens is 338 g/mol. The van der Waals surface area contributed by atoms with Gasteiger partial charge in [0.1, 0.15) is 0 Å². The molecule has 134 valence electrons. The van der Waals surface area contributed by atoms with E-state index >= 15 is 0 Å². The summed E-state index contributed by atoms with van der Waals surface area (Å²) >= 11 is 0. The van der Waals surface area contributed by atoms with Crippen LogP contribution in [0.3, 0.4) is 0 Å². The fourth-order valence-electron chi connectivity index (χ4n) is 2.26. The Bertz CT molecular complexity index is 790. The van der Waals surface area contributed by atoms with Crippen LogP contribution in [0, 0.1) is 6.92 Å². The van der Waals surface area contributed by atoms with Gasteiger partial charge in [0.05, 0.1) is 18.5 Å². The van der Waals surface area contributed by atoms with Crippen molar-refractivity contribution in [3.63, 3.8) is 0 Å². The van der Waals surface area contributed by atoms with Crippen LogP contribution in [-0.4, -0.2) is 36.4 Å². The lowest BCUT2D eigenvalue weighted by atomic mass is 10.1. The second-order valence-electron chi connectivity index (χ2n) is 5.93. The Hall–Kier alpha value is -2.25. The smallest absolute Gasteiger partial charge is 0.221 e. The van der Waals surface area contributed by atoms with E-state index in [0.717, 1.165) is 17.4 Å². The molecule has 2 aromatic rings. The van der Waals surface area contributed by atoms with E-state index in [1.165, 1.54) is 4.31 Å². The molecule has 1 aromatic heterocycles. The van der Waals surface area contributed by atoms with Crippen LogP contribution in [0.25, 0.3) is 0 Å². The van der Waals surface area contributed by atoms with E-state index in [1.807, 2.05) is 31.2 Å². The molecule has 1 aromatic carbocycles. The Morgan fingerprint density at radius 3 is 2.48 bits per heavy atom. The molecule has 0 unspecified atom stereocenters. The molecule has 0 saturated carbocycles. The van der Waals surface area contributed by atoms with Gasteiger partial charge < -0.3 is 5.32 Å². The average Bonchev–Trinajstić information content (AvgIpc) is 2.58. The van der Waals surface area contributed by atoms with Crippen molar-refractivity contribution >= 4 is 15.9 Å². The predicted molar refractivity (Wildman–Crippen MR) is 97.1 cm³/mol. The lowest BCUT2D eigenvalue weighted by Gasteiger charge is -2.19. The van der Waals surface area contributed by atoms with Gasteiger partial charge in [-0.1, -0.05) is 35.9 Å². The number of benzene rings is 1. The van der Waals surface area contributed by atoms with Gasteiger partial charge in [-0.15, -0.1) is 0 Å². The highest BCUT2D eigenvalue weighted by Crippen LogP contribution is 2.07. The minimum Gasteiger partial charge on any atom is -0.352 e. The number of carbonyl (C=O) groups excluding carboxylic acids is 1. The van der Waals surface area contributed by atoms with Crippen molar-refractivity contribution < 1.29 is 13.2 Å².